The molecule has 2 aromatic rings. The highest BCUT2D eigenvalue weighted by molar-refractivity contribution is 7.98. The van der Waals surface area contributed by atoms with Crippen molar-refractivity contribution in [3.63, 3.8) is 0 Å². The van der Waals surface area contributed by atoms with Gasteiger partial charge in [-0.2, -0.15) is 0 Å². The number of rotatable bonds is 4. The van der Waals surface area contributed by atoms with Crippen LogP contribution in [0.4, 0.5) is 5.82 Å². The number of hydrogen-bond acceptors (Lipinski definition) is 7. The normalized spacial score (nSPS) is 18.0. The van der Waals surface area contributed by atoms with Crippen molar-refractivity contribution in [3.05, 3.63) is 29.7 Å². The summed E-state index contributed by atoms with van der Waals surface area (Å²) in [6, 6.07) is 2.48. The third-order valence-electron chi connectivity index (χ3n) is 3.73. The summed E-state index contributed by atoms with van der Waals surface area (Å²) in [4.78, 5) is 19.8. The highest BCUT2D eigenvalue weighted by Gasteiger charge is 2.23. The molecule has 23 heavy (non-hydrogen) atoms. The van der Waals surface area contributed by atoms with Gasteiger partial charge < -0.3 is 9.64 Å². The standard InChI is InChI=1S/C16H21N5OS/c1-11-8-17-15(18-9-11)22-13-5-4-6-21(10-13)14-7-12(2)19-16(20-14)23-3/h7-9,13H,4-6,10H2,1-3H3. The van der Waals surface area contributed by atoms with Crippen LogP contribution in [0.15, 0.2) is 23.6 Å². The van der Waals surface area contributed by atoms with E-state index in [1.807, 2.05) is 26.2 Å². The van der Waals surface area contributed by atoms with Crippen molar-refractivity contribution < 1.29 is 4.74 Å². The zero-order valence-corrected chi connectivity index (χ0v) is 14.5. The number of nitrogens with zero attached hydrogens (tertiary/aromatic N) is 5. The maximum Gasteiger partial charge on any atom is 0.316 e. The number of thioether (sulfide) groups is 1. The molecule has 1 atom stereocenters. The molecule has 0 radical (unpaired) electrons. The van der Waals surface area contributed by atoms with Gasteiger partial charge in [0, 0.05) is 30.7 Å². The van der Waals surface area contributed by atoms with Gasteiger partial charge in [-0.15, -0.1) is 0 Å². The molecule has 0 spiro atoms. The topological polar surface area (TPSA) is 64.0 Å². The lowest BCUT2D eigenvalue weighted by molar-refractivity contribution is 0.164. The van der Waals surface area contributed by atoms with Crippen LogP contribution in [0.2, 0.25) is 0 Å². The summed E-state index contributed by atoms with van der Waals surface area (Å²) < 4.78 is 5.94. The van der Waals surface area contributed by atoms with Crippen LogP contribution in [0, 0.1) is 13.8 Å². The molecule has 0 aliphatic carbocycles. The number of ether oxygens (including phenoxy) is 1. The van der Waals surface area contributed by atoms with E-state index < -0.39 is 0 Å². The highest BCUT2D eigenvalue weighted by Crippen LogP contribution is 2.22. The third-order valence-corrected chi connectivity index (χ3v) is 4.28. The van der Waals surface area contributed by atoms with Crippen molar-refractivity contribution in [2.75, 3.05) is 24.2 Å². The van der Waals surface area contributed by atoms with Crippen molar-refractivity contribution in [1.29, 1.82) is 0 Å². The van der Waals surface area contributed by atoms with E-state index in [2.05, 4.69) is 24.8 Å². The van der Waals surface area contributed by atoms with Crippen molar-refractivity contribution in [2.45, 2.75) is 37.9 Å². The zero-order valence-electron chi connectivity index (χ0n) is 13.7. The Morgan fingerprint density at radius 3 is 2.74 bits per heavy atom. The predicted molar refractivity (Wildman–Crippen MR) is 91.2 cm³/mol. The Bertz CT molecular complexity index is 664. The van der Waals surface area contributed by atoms with Crippen molar-refractivity contribution in [2.24, 2.45) is 0 Å². The quantitative estimate of drug-likeness (QED) is 0.630. The molecule has 6 nitrogen and oxygen atoms in total. The van der Waals surface area contributed by atoms with E-state index in [9.17, 15) is 0 Å². The summed E-state index contributed by atoms with van der Waals surface area (Å²) in [7, 11) is 0. The van der Waals surface area contributed by atoms with Crippen LogP contribution >= 0.6 is 11.8 Å². The minimum Gasteiger partial charge on any atom is -0.458 e. The van der Waals surface area contributed by atoms with Gasteiger partial charge >= 0.3 is 6.01 Å². The van der Waals surface area contributed by atoms with E-state index in [1.165, 1.54) is 0 Å². The second-order valence-corrected chi connectivity index (χ2v) is 6.50. The second kappa shape index (κ2) is 7.12. The van der Waals surface area contributed by atoms with Gasteiger partial charge in [0.1, 0.15) is 11.9 Å². The molecule has 7 heteroatoms. The number of aryl methyl sites for hydroxylation is 2. The van der Waals surface area contributed by atoms with E-state index in [0.29, 0.717) is 6.01 Å². The molecular weight excluding hydrogens is 310 g/mol. The fourth-order valence-electron chi connectivity index (χ4n) is 2.61. The first kappa shape index (κ1) is 16.0. The molecule has 0 amide bonds. The molecule has 122 valence electrons. The van der Waals surface area contributed by atoms with E-state index >= 15 is 0 Å². The monoisotopic (exact) mass is 331 g/mol. The van der Waals surface area contributed by atoms with E-state index in [-0.39, 0.29) is 6.10 Å². The molecule has 3 rings (SSSR count). The van der Waals surface area contributed by atoms with Crippen LogP contribution in [-0.4, -0.2) is 45.4 Å². The van der Waals surface area contributed by atoms with Crippen molar-refractivity contribution in [1.82, 2.24) is 19.9 Å². The minimum atomic E-state index is 0.0828. The van der Waals surface area contributed by atoms with Crippen molar-refractivity contribution >= 4 is 17.6 Å². The minimum absolute atomic E-state index is 0.0828. The van der Waals surface area contributed by atoms with Gasteiger partial charge in [-0.1, -0.05) is 11.8 Å². The fourth-order valence-corrected chi connectivity index (χ4v) is 3.03. The van der Waals surface area contributed by atoms with Crippen LogP contribution in [0.3, 0.4) is 0 Å². The predicted octanol–water partition coefficient (Wildman–Crippen LogP) is 2.65. The van der Waals surface area contributed by atoms with Gasteiger partial charge in [0.2, 0.25) is 0 Å². The lowest BCUT2D eigenvalue weighted by Gasteiger charge is -2.33. The lowest BCUT2D eigenvalue weighted by Crippen LogP contribution is -2.42. The van der Waals surface area contributed by atoms with Gasteiger partial charge in [0.05, 0.1) is 6.54 Å². The van der Waals surface area contributed by atoms with Gasteiger partial charge in [0.25, 0.3) is 0 Å². The van der Waals surface area contributed by atoms with Gasteiger partial charge in [-0.3, -0.25) is 0 Å². The molecule has 0 bridgehead atoms. The lowest BCUT2D eigenvalue weighted by atomic mass is 10.1. The molecule has 1 fully saturated rings. The number of aromatic nitrogens is 4. The summed E-state index contributed by atoms with van der Waals surface area (Å²) in [5.41, 5.74) is 2.02. The van der Waals surface area contributed by atoms with E-state index in [1.54, 1.807) is 24.2 Å². The molecule has 1 aliphatic heterocycles. The summed E-state index contributed by atoms with van der Waals surface area (Å²) in [6.07, 6.45) is 7.71. The molecule has 0 aromatic carbocycles. The Balaban J connectivity index is 1.70. The van der Waals surface area contributed by atoms with Gasteiger partial charge in [-0.25, -0.2) is 19.9 Å². The zero-order chi connectivity index (χ0) is 16.2. The summed E-state index contributed by atoms with van der Waals surface area (Å²) >= 11 is 1.57. The fraction of sp³-hybridized carbons (Fsp3) is 0.500. The first-order chi connectivity index (χ1) is 11.1. The molecule has 3 heterocycles. The summed E-state index contributed by atoms with van der Waals surface area (Å²) in [6.45, 7) is 5.75. The second-order valence-electron chi connectivity index (χ2n) is 5.73. The first-order valence-corrected chi connectivity index (χ1v) is 8.96. The maximum absolute atomic E-state index is 5.94. The Labute approximate surface area is 140 Å². The van der Waals surface area contributed by atoms with E-state index in [0.717, 1.165) is 48.2 Å². The third kappa shape index (κ3) is 4.10. The largest absolute Gasteiger partial charge is 0.458 e. The van der Waals surface area contributed by atoms with Crippen molar-refractivity contribution in [3.8, 4) is 6.01 Å². The molecule has 0 saturated carbocycles. The number of piperidine rings is 1. The van der Waals surface area contributed by atoms with E-state index in [4.69, 9.17) is 4.74 Å². The Kier molecular flexibility index (Phi) is 4.95. The molecule has 1 saturated heterocycles. The molecule has 1 aliphatic rings. The maximum atomic E-state index is 5.94. The molecule has 0 N–H and O–H groups in total. The summed E-state index contributed by atoms with van der Waals surface area (Å²) in [5, 5.41) is 0.810. The van der Waals surface area contributed by atoms with Crippen LogP contribution in [0.5, 0.6) is 6.01 Å². The molecule has 1 unspecified atom stereocenters. The SMILES string of the molecule is CSc1nc(C)cc(N2CCCC(Oc3ncc(C)cn3)C2)n1. The Morgan fingerprint density at radius 2 is 2.00 bits per heavy atom. The van der Waals surface area contributed by atoms with Crippen LogP contribution in [0.25, 0.3) is 0 Å². The average molecular weight is 331 g/mol. The Hall–Kier alpha value is -1.89. The molecule has 2 aromatic heterocycles. The molecular formula is C16H21N5OS. The number of hydrogen-bond donors (Lipinski definition) is 0. The summed E-state index contributed by atoms with van der Waals surface area (Å²) in [5.74, 6) is 0.972. The average Bonchev–Trinajstić information content (AvgIpc) is 2.56. The Morgan fingerprint density at radius 1 is 1.22 bits per heavy atom. The van der Waals surface area contributed by atoms with Crippen LogP contribution in [0.1, 0.15) is 24.1 Å². The van der Waals surface area contributed by atoms with Gasteiger partial charge in [0.15, 0.2) is 5.16 Å². The smallest absolute Gasteiger partial charge is 0.316 e. The van der Waals surface area contributed by atoms with Gasteiger partial charge in [-0.05, 0) is 38.5 Å². The van der Waals surface area contributed by atoms with Crippen LogP contribution in [-0.2, 0) is 0 Å². The highest BCUT2D eigenvalue weighted by atomic mass is 32.2. The van der Waals surface area contributed by atoms with Crippen LogP contribution < -0.4 is 9.64 Å². The number of anilines is 1. The first-order valence-electron chi connectivity index (χ1n) is 7.74.